The fourth-order valence-corrected chi connectivity index (χ4v) is 1.73. The molecule has 2 rings (SSSR count). The van der Waals surface area contributed by atoms with Gasteiger partial charge in [0.1, 0.15) is 16.7 Å². The van der Waals surface area contributed by atoms with Gasteiger partial charge in [-0.05, 0) is 24.3 Å². The van der Waals surface area contributed by atoms with Gasteiger partial charge >= 0.3 is 6.18 Å². The lowest BCUT2D eigenvalue weighted by atomic mass is 10.2. The Kier molecular flexibility index (Phi) is 3.99. The Morgan fingerprint density at radius 1 is 1.32 bits per heavy atom. The minimum Gasteiger partial charge on any atom is -0.469 e. The van der Waals surface area contributed by atoms with Gasteiger partial charge in [-0.3, -0.25) is 0 Å². The second-order valence-corrected chi connectivity index (χ2v) is 4.20. The minimum absolute atomic E-state index is 0.0892. The average Bonchev–Trinajstić information content (AvgIpc) is 2.80. The van der Waals surface area contributed by atoms with Gasteiger partial charge < -0.3 is 9.73 Å². The molecule has 2 aromatic heterocycles. The number of nitrogens with one attached hydrogen (secondary N) is 1. The number of anilines is 1. The number of rotatable bonds is 4. The van der Waals surface area contributed by atoms with Gasteiger partial charge in [-0.15, -0.1) is 0 Å². The van der Waals surface area contributed by atoms with E-state index in [-0.39, 0.29) is 11.0 Å². The summed E-state index contributed by atoms with van der Waals surface area (Å²) in [4.78, 5) is 3.79. The van der Waals surface area contributed by atoms with E-state index in [1.165, 1.54) is 6.26 Å². The molecule has 0 aromatic carbocycles. The van der Waals surface area contributed by atoms with E-state index in [1.807, 2.05) is 0 Å². The fraction of sp³-hybridized carbons (Fsp3) is 0.250. The number of halogens is 4. The first kappa shape index (κ1) is 13.7. The normalized spacial score (nSPS) is 11.6. The van der Waals surface area contributed by atoms with Crippen LogP contribution in [0.25, 0.3) is 0 Å². The molecule has 0 unspecified atom stereocenters. The molecule has 0 bridgehead atoms. The maximum atomic E-state index is 12.6. The van der Waals surface area contributed by atoms with Crippen LogP contribution in [0.1, 0.15) is 11.3 Å². The lowest BCUT2D eigenvalue weighted by Gasteiger charge is -2.10. The lowest BCUT2D eigenvalue weighted by molar-refractivity contribution is -0.137. The molecule has 0 amide bonds. The average molecular weight is 291 g/mol. The summed E-state index contributed by atoms with van der Waals surface area (Å²) in [6.07, 6.45) is -2.36. The summed E-state index contributed by atoms with van der Waals surface area (Å²) in [6, 6.07) is 5.25. The fourth-order valence-electron chi connectivity index (χ4n) is 1.52. The Morgan fingerprint density at radius 3 is 2.74 bits per heavy atom. The number of hydrogen-bond donors (Lipinski definition) is 1. The van der Waals surface area contributed by atoms with E-state index in [0.29, 0.717) is 13.0 Å². The molecule has 0 atom stereocenters. The predicted octanol–water partition coefficient (Wildman–Crippen LogP) is 4.00. The Balaban J connectivity index is 2.02. The van der Waals surface area contributed by atoms with Crippen LogP contribution in [0.5, 0.6) is 0 Å². The number of aromatic nitrogens is 1. The van der Waals surface area contributed by atoms with E-state index < -0.39 is 11.7 Å². The van der Waals surface area contributed by atoms with Crippen molar-refractivity contribution in [2.24, 2.45) is 0 Å². The molecule has 0 spiro atoms. The van der Waals surface area contributed by atoms with Gasteiger partial charge in [-0.25, -0.2) is 4.98 Å². The molecule has 0 aliphatic heterocycles. The van der Waals surface area contributed by atoms with Gasteiger partial charge in [0.15, 0.2) is 0 Å². The second kappa shape index (κ2) is 5.52. The SMILES string of the molecule is FC(F)(F)c1cc(Cl)nc(NCCc2ccco2)c1. The number of furan rings is 1. The van der Waals surface area contributed by atoms with Gasteiger partial charge in [0, 0.05) is 13.0 Å². The van der Waals surface area contributed by atoms with Crippen LogP contribution >= 0.6 is 11.6 Å². The molecule has 0 aliphatic carbocycles. The number of pyridine rings is 1. The monoisotopic (exact) mass is 290 g/mol. The van der Waals surface area contributed by atoms with E-state index in [1.54, 1.807) is 12.1 Å². The highest BCUT2D eigenvalue weighted by Gasteiger charge is 2.31. The van der Waals surface area contributed by atoms with Crippen LogP contribution in [0.4, 0.5) is 19.0 Å². The molecule has 1 N–H and O–H groups in total. The van der Waals surface area contributed by atoms with Crippen LogP contribution in [-0.2, 0) is 12.6 Å². The smallest absolute Gasteiger partial charge is 0.416 e. The predicted molar refractivity (Wildman–Crippen MR) is 65.2 cm³/mol. The largest absolute Gasteiger partial charge is 0.469 e. The minimum atomic E-state index is -4.44. The van der Waals surface area contributed by atoms with Gasteiger partial charge in [-0.1, -0.05) is 11.6 Å². The molecule has 0 saturated carbocycles. The van der Waals surface area contributed by atoms with Gasteiger partial charge in [0.2, 0.25) is 0 Å². The summed E-state index contributed by atoms with van der Waals surface area (Å²) in [5.74, 6) is 0.831. The van der Waals surface area contributed by atoms with Crippen LogP contribution in [0, 0.1) is 0 Å². The first-order valence-electron chi connectivity index (χ1n) is 5.46. The quantitative estimate of drug-likeness (QED) is 0.865. The second-order valence-electron chi connectivity index (χ2n) is 3.82. The Labute approximate surface area is 112 Å². The molecule has 0 fully saturated rings. The number of hydrogen-bond acceptors (Lipinski definition) is 3. The number of nitrogens with zero attached hydrogens (tertiary/aromatic N) is 1. The van der Waals surface area contributed by atoms with Crippen LogP contribution in [0.3, 0.4) is 0 Å². The molecule has 2 aromatic rings. The highest BCUT2D eigenvalue weighted by Crippen LogP contribution is 2.31. The van der Waals surface area contributed by atoms with E-state index in [0.717, 1.165) is 17.9 Å². The molecule has 7 heteroatoms. The Morgan fingerprint density at radius 2 is 2.11 bits per heavy atom. The van der Waals surface area contributed by atoms with Gasteiger partial charge in [0.05, 0.1) is 11.8 Å². The Bertz CT molecular complexity index is 540. The standard InChI is InChI=1S/C12H10ClF3N2O/c13-10-6-8(12(14,15)16)7-11(18-10)17-4-3-9-2-1-5-19-9/h1-2,5-7H,3-4H2,(H,17,18). The topological polar surface area (TPSA) is 38.1 Å². The molecule has 19 heavy (non-hydrogen) atoms. The van der Waals surface area contributed by atoms with Crippen molar-refractivity contribution in [3.05, 3.63) is 47.0 Å². The van der Waals surface area contributed by atoms with Crippen LogP contribution in [0.15, 0.2) is 34.9 Å². The third-order valence-corrected chi connectivity index (χ3v) is 2.57. The van der Waals surface area contributed by atoms with Crippen molar-refractivity contribution in [1.82, 2.24) is 4.98 Å². The van der Waals surface area contributed by atoms with Gasteiger partial charge in [0.25, 0.3) is 0 Å². The van der Waals surface area contributed by atoms with Crippen molar-refractivity contribution in [2.75, 3.05) is 11.9 Å². The molecule has 0 saturated heterocycles. The van der Waals surface area contributed by atoms with E-state index >= 15 is 0 Å². The molecular formula is C12H10ClF3N2O. The lowest BCUT2D eigenvalue weighted by Crippen LogP contribution is -2.10. The first-order chi connectivity index (χ1) is 8.95. The molecule has 0 aliphatic rings. The maximum absolute atomic E-state index is 12.6. The van der Waals surface area contributed by atoms with Crippen LogP contribution in [0.2, 0.25) is 5.15 Å². The van der Waals surface area contributed by atoms with E-state index in [2.05, 4.69) is 10.3 Å². The van der Waals surface area contributed by atoms with Crippen LogP contribution in [-0.4, -0.2) is 11.5 Å². The summed E-state index contributed by atoms with van der Waals surface area (Å²) < 4.78 is 42.8. The van der Waals surface area contributed by atoms with Crippen molar-refractivity contribution in [3.63, 3.8) is 0 Å². The van der Waals surface area contributed by atoms with Crippen molar-refractivity contribution < 1.29 is 17.6 Å². The molecule has 2 heterocycles. The molecular weight excluding hydrogens is 281 g/mol. The molecule has 3 nitrogen and oxygen atoms in total. The molecule has 0 radical (unpaired) electrons. The highest BCUT2D eigenvalue weighted by molar-refractivity contribution is 6.29. The van der Waals surface area contributed by atoms with Crippen molar-refractivity contribution in [2.45, 2.75) is 12.6 Å². The summed E-state index contributed by atoms with van der Waals surface area (Å²) in [6.45, 7) is 0.401. The van der Waals surface area contributed by atoms with E-state index in [4.69, 9.17) is 16.0 Å². The van der Waals surface area contributed by atoms with Crippen molar-refractivity contribution >= 4 is 17.4 Å². The zero-order chi connectivity index (χ0) is 13.9. The Hall–Kier alpha value is -1.69. The van der Waals surface area contributed by atoms with Crippen LogP contribution < -0.4 is 5.32 Å². The van der Waals surface area contributed by atoms with Crippen molar-refractivity contribution in [3.8, 4) is 0 Å². The van der Waals surface area contributed by atoms with Crippen molar-refractivity contribution in [1.29, 1.82) is 0 Å². The zero-order valence-electron chi connectivity index (χ0n) is 9.67. The summed E-state index contributed by atoms with van der Waals surface area (Å²) in [7, 11) is 0. The zero-order valence-corrected chi connectivity index (χ0v) is 10.4. The summed E-state index contributed by atoms with van der Waals surface area (Å²) in [5.41, 5.74) is -0.826. The maximum Gasteiger partial charge on any atom is 0.416 e. The first-order valence-corrected chi connectivity index (χ1v) is 5.84. The van der Waals surface area contributed by atoms with E-state index in [9.17, 15) is 13.2 Å². The third-order valence-electron chi connectivity index (χ3n) is 2.38. The third kappa shape index (κ3) is 3.89. The van der Waals surface area contributed by atoms with Gasteiger partial charge in [-0.2, -0.15) is 13.2 Å². The molecule has 102 valence electrons. The summed E-state index contributed by atoms with van der Waals surface area (Å²) in [5, 5.41) is 2.58. The summed E-state index contributed by atoms with van der Waals surface area (Å²) >= 11 is 5.56. The number of alkyl halides is 3. The highest BCUT2D eigenvalue weighted by atomic mass is 35.5.